The lowest BCUT2D eigenvalue weighted by molar-refractivity contribution is -0.122. The molecule has 0 bridgehead atoms. The summed E-state index contributed by atoms with van der Waals surface area (Å²) in [5, 5.41) is 3.09. The van der Waals surface area contributed by atoms with E-state index in [9.17, 15) is 4.79 Å². The Hall–Kier alpha value is -1.59. The van der Waals surface area contributed by atoms with Gasteiger partial charge < -0.3 is 20.7 Å². The maximum absolute atomic E-state index is 12.3. The number of hydrogen-bond acceptors (Lipinski definition) is 4. The van der Waals surface area contributed by atoms with Crippen LogP contribution in [0.25, 0.3) is 0 Å². The molecule has 3 rings (SSSR count). The fraction of sp³-hybridized carbons (Fsp3) is 0.632. The molecule has 24 heavy (non-hydrogen) atoms. The van der Waals surface area contributed by atoms with Crippen molar-refractivity contribution in [2.75, 3.05) is 31.2 Å². The predicted molar refractivity (Wildman–Crippen MR) is 96.0 cm³/mol. The Bertz CT molecular complexity index is 570. The summed E-state index contributed by atoms with van der Waals surface area (Å²) in [4.78, 5) is 14.6. The van der Waals surface area contributed by atoms with Crippen LogP contribution in [0, 0.1) is 12.8 Å². The number of nitrogens with zero attached hydrogens (tertiary/aromatic N) is 1. The molecule has 132 valence electrons. The van der Waals surface area contributed by atoms with E-state index in [2.05, 4.69) is 35.3 Å². The molecule has 5 nitrogen and oxygen atoms in total. The van der Waals surface area contributed by atoms with Crippen LogP contribution >= 0.6 is 0 Å². The first-order chi connectivity index (χ1) is 11.6. The number of benzene rings is 1. The van der Waals surface area contributed by atoms with Gasteiger partial charge in [0.25, 0.3) is 0 Å². The van der Waals surface area contributed by atoms with Gasteiger partial charge in [-0.2, -0.15) is 0 Å². The van der Waals surface area contributed by atoms with Gasteiger partial charge in [0.1, 0.15) is 0 Å². The van der Waals surface area contributed by atoms with Gasteiger partial charge >= 0.3 is 0 Å². The molecule has 2 fully saturated rings. The van der Waals surface area contributed by atoms with Crippen molar-refractivity contribution in [3.63, 3.8) is 0 Å². The molecule has 2 aliphatic rings. The van der Waals surface area contributed by atoms with E-state index in [-0.39, 0.29) is 11.9 Å². The third-order valence-electron chi connectivity index (χ3n) is 5.23. The van der Waals surface area contributed by atoms with Gasteiger partial charge in [0.05, 0.1) is 13.2 Å². The van der Waals surface area contributed by atoms with E-state index < -0.39 is 0 Å². The number of nitrogens with two attached hydrogens (primary N) is 1. The minimum absolute atomic E-state index is 0.117. The smallest absolute Gasteiger partial charge is 0.220 e. The number of morpholine rings is 1. The summed E-state index contributed by atoms with van der Waals surface area (Å²) >= 11 is 0. The molecule has 0 radical (unpaired) electrons. The summed E-state index contributed by atoms with van der Waals surface area (Å²) in [7, 11) is 0. The number of carbonyl (C=O) groups is 1. The normalized spacial score (nSPS) is 24.2. The first kappa shape index (κ1) is 17.2. The van der Waals surface area contributed by atoms with E-state index in [4.69, 9.17) is 10.5 Å². The molecule has 1 aliphatic heterocycles. The van der Waals surface area contributed by atoms with E-state index in [0.717, 1.165) is 45.6 Å². The van der Waals surface area contributed by atoms with Crippen molar-refractivity contribution < 1.29 is 9.53 Å². The minimum atomic E-state index is 0.117. The number of aryl methyl sites for hydroxylation is 1. The van der Waals surface area contributed by atoms with Crippen molar-refractivity contribution in [1.82, 2.24) is 5.32 Å². The third-order valence-corrected chi connectivity index (χ3v) is 5.23. The lowest BCUT2D eigenvalue weighted by Gasteiger charge is -2.31. The van der Waals surface area contributed by atoms with Crippen molar-refractivity contribution in [2.24, 2.45) is 11.7 Å². The standard InChI is InChI=1S/C19H29N3O2/c1-14-5-6-16(18(11-14)22-7-9-24-10-8-22)13-21-19(23)12-15-3-2-4-17(15)20/h5-6,11,15,17H,2-4,7-10,12-13,20H2,1H3,(H,21,23)/t15-,17+/m0/s1. The number of hydrogen-bond donors (Lipinski definition) is 2. The molecule has 1 aromatic carbocycles. The van der Waals surface area contributed by atoms with Crippen LogP contribution in [0.5, 0.6) is 0 Å². The van der Waals surface area contributed by atoms with Crippen LogP contribution in [0.15, 0.2) is 18.2 Å². The Balaban J connectivity index is 1.60. The second kappa shape index (κ2) is 7.99. The first-order valence-corrected chi connectivity index (χ1v) is 9.08. The Morgan fingerprint density at radius 1 is 1.33 bits per heavy atom. The zero-order valence-electron chi connectivity index (χ0n) is 14.6. The number of ether oxygens (including phenoxy) is 1. The van der Waals surface area contributed by atoms with Crippen molar-refractivity contribution in [1.29, 1.82) is 0 Å². The van der Waals surface area contributed by atoms with Crippen LogP contribution in [0.2, 0.25) is 0 Å². The van der Waals surface area contributed by atoms with Gasteiger partial charge in [-0.1, -0.05) is 18.6 Å². The Labute approximate surface area is 144 Å². The molecule has 0 unspecified atom stereocenters. The average molecular weight is 331 g/mol. The summed E-state index contributed by atoms with van der Waals surface area (Å²) in [5.41, 5.74) is 9.71. The highest BCUT2D eigenvalue weighted by Crippen LogP contribution is 2.27. The van der Waals surface area contributed by atoms with Crippen LogP contribution in [0.3, 0.4) is 0 Å². The van der Waals surface area contributed by atoms with Crippen molar-refractivity contribution in [3.8, 4) is 0 Å². The van der Waals surface area contributed by atoms with Crippen LogP contribution < -0.4 is 16.0 Å². The SMILES string of the molecule is Cc1ccc(CNC(=O)C[C@@H]2CCC[C@H]2N)c(N2CCOCC2)c1. The molecule has 1 heterocycles. The number of nitrogens with one attached hydrogen (secondary N) is 1. The summed E-state index contributed by atoms with van der Waals surface area (Å²) in [6, 6.07) is 6.64. The zero-order valence-corrected chi connectivity index (χ0v) is 14.6. The molecule has 3 N–H and O–H groups in total. The van der Waals surface area contributed by atoms with Crippen molar-refractivity contribution >= 4 is 11.6 Å². The van der Waals surface area contributed by atoms with E-state index in [1.54, 1.807) is 0 Å². The summed E-state index contributed by atoms with van der Waals surface area (Å²) < 4.78 is 5.45. The van der Waals surface area contributed by atoms with Crippen LogP contribution in [-0.4, -0.2) is 38.3 Å². The Kier molecular flexibility index (Phi) is 5.74. The van der Waals surface area contributed by atoms with Gasteiger partial charge in [0, 0.05) is 37.8 Å². The second-order valence-electron chi connectivity index (χ2n) is 7.07. The molecule has 1 aromatic rings. The zero-order chi connectivity index (χ0) is 16.9. The third kappa shape index (κ3) is 4.28. The predicted octanol–water partition coefficient (Wildman–Crippen LogP) is 1.97. The van der Waals surface area contributed by atoms with Crippen molar-refractivity contribution in [2.45, 2.75) is 45.2 Å². The molecule has 2 atom stereocenters. The minimum Gasteiger partial charge on any atom is -0.378 e. The summed E-state index contributed by atoms with van der Waals surface area (Å²) in [6.45, 7) is 6.02. The average Bonchev–Trinajstić information content (AvgIpc) is 2.99. The molecule has 1 saturated carbocycles. The van der Waals surface area contributed by atoms with E-state index in [0.29, 0.717) is 18.9 Å². The maximum Gasteiger partial charge on any atom is 0.220 e. The van der Waals surface area contributed by atoms with Crippen LogP contribution in [0.1, 0.15) is 36.8 Å². The molecule has 1 aliphatic carbocycles. The first-order valence-electron chi connectivity index (χ1n) is 9.08. The number of carbonyl (C=O) groups excluding carboxylic acids is 1. The number of rotatable bonds is 5. The maximum atomic E-state index is 12.3. The van der Waals surface area contributed by atoms with Gasteiger partial charge in [0.2, 0.25) is 5.91 Å². The highest BCUT2D eigenvalue weighted by Gasteiger charge is 2.26. The largest absolute Gasteiger partial charge is 0.378 e. The van der Waals surface area contributed by atoms with Crippen molar-refractivity contribution in [3.05, 3.63) is 29.3 Å². The second-order valence-corrected chi connectivity index (χ2v) is 7.07. The molecule has 1 saturated heterocycles. The van der Waals surface area contributed by atoms with Gasteiger partial charge in [-0.25, -0.2) is 0 Å². The monoisotopic (exact) mass is 331 g/mol. The highest BCUT2D eigenvalue weighted by atomic mass is 16.5. The quantitative estimate of drug-likeness (QED) is 0.865. The fourth-order valence-corrected chi connectivity index (χ4v) is 3.75. The van der Waals surface area contributed by atoms with Crippen LogP contribution in [-0.2, 0) is 16.1 Å². The van der Waals surface area contributed by atoms with Gasteiger partial charge in [0.15, 0.2) is 0 Å². The molecule has 0 spiro atoms. The van der Waals surface area contributed by atoms with E-state index in [1.807, 2.05) is 0 Å². The molecular formula is C19H29N3O2. The van der Waals surface area contributed by atoms with E-state index >= 15 is 0 Å². The van der Waals surface area contributed by atoms with Gasteiger partial charge in [-0.3, -0.25) is 4.79 Å². The lowest BCUT2D eigenvalue weighted by Crippen LogP contribution is -2.37. The van der Waals surface area contributed by atoms with Gasteiger partial charge in [-0.05, 0) is 42.9 Å². The molecule has 5 heteroatoms. The topological polar surface area (TPSA) is 67.6 Å². The van der Waals surface area contributed by atoms with Crippen LogP contribution in [0.4, 0.5) is 5.69 Å². The summed E-state index contributed by atoms with van der Waals surface area (Å²) in [5.74, 6) is 0.465. The van der Waals surface area contributed by atoms with Gasteiger partial charge in [-0.15, -0.1) is 0 Å². The molecule has 1 amide bonds. The Morgan fingerprint density at radius 3 is 2.83 bits per heavy atom. The highest BCUT2D eigenvalue weighted by molar-refractivity contribution is 5.76. The van der Waals surface area contributed by atoms with E-state index in [1.165, 1.54) is 16.8 Å². The summed E-state index contributed by atoms with van der Waals surface area (Å²) in [6.07, 6.45) is 3.84. The lowest BCUT2D eigenvalue weighted by atomic mass is 10.00. The Morgan fingerprint density at radius 2 is 2.12 bits per heavy atom. The molecule has 0 aromatic heterocycles. The number of amides is 1. The molecular weight excluding hydrogens is 302 g/mol. The fourth-order valence-electron chi connectivity index (χ4n) is 3.75. The number of anilines is 1.